The highest BCUT2D eigenvalue weighted by Crippen LogP contribution is 2.12. The lowest BCUT2D eigenvalue weighted by atomic mass is 10.1. The van der Waals surface area contributed by atoms with Gasteiger partial charge in [-0.15, -0.1) is 0 Å². The average Bonchev–Trinajstić information content (AvgIpc) is 2.27. The van der Waals surface area contributed by atoms with Crippen molar-refractivity contribution in [1.29, 1.82) is 0 Å². The van der Waals surface area contributed by atoms with E-state index in [1.54, 1.807) is 26.8 Å². The quantitative estimate of drug-likeness (QED) is 0.302. The van der Waals surface area contributed by atoms with Crippen LogP contribution in [0.1, 0.15) is 40.5 Å². The molecule has 0 amide bonds. The fourth-order valence-corrected chi connectivity index (χ4v) is 1.20. The van der Waals surface area contributed by atoms with Crippen molar-refractivity contribution >= 4 is 12.0 Å². The third-order valence-electron chi connectivity index (χ3n) is 2.38. The minimum Gasteiger partial charge on any atom is -0.457 e. The molecule has 2 atom stereocenters. The van der Waals surface area contributed by atoms with Crippen molar-refractivity contribution in [3.05, 3.63) is 11.6 Å². The van der Waals surface area contributed by atoms with Gasteiger partial charge >= 0.3 is 5.97 Å². The number of carbonyl (C=O) groups excluding carboxylic acids is 2. The van der Waals surface area contributed by atoms with Gasteiger partial charge in [-0.3, -0.25) is 0 Å². The number of aliphatic imine (C=N–C) groups is 1. The van der Waals surface area contributed by atoms with Crippen molar-refractivity contribution < 1.29 is 14.3 Å². The molecule has 0 radical (unpaired) electrons. The van der Waals surface area contributed by atoms with E-state index in [1.165, 1.54) is 6.08 Å². The Bertz CT molecular complexity index is 303. The first kappa shape index (κ1) is 14.6. The Morgan fingerprint density at radius 1 is 1.56 bits per heavy atom. The highest BCUT2D eigenvalue weighted by atomic mass is 16.5. The summed E-state index contributed by atoms with van der Waals surface area (Å²) in [4.78, 5) is 25.3. The molecule has 0 aliphatic rings. The van der Waals surface area contributed by atoms with E-state index >= 15 is 0 Å². The number of esters is 1. The number of nitrogens with zero attached hydrogens (tertiary/aromatic N) is 1. The van der Waals surface area contributed by atoms with Gasteiger partial charge in [0.1, 0.15) is 6.10 Å². The molecule has 0 rings (SSSR count). The Kier molecular flexibility index (Phi) is 7.14. The Morgan fingerprint density at radius 3 is 2.62 bits per heavy atom. The Balaban J connectivity index is 4.55. The van der Waals surface area contributed by atoms with Gasteiger partial charge in [0.2, 0.25) is 6.08 Å². The van der Waals surface area contributed by atoms with Crippen LogP contribution in [0, 0.1) is 0 Å². The van der Waals surface area contributed by atoms with Crippen LogP contribution >= 0.6 is 0 Å². The molecule has 4 nitrogen and oxygen atoms in total. The van der Waals surface area contributed by atoms with E-state index in [-0.39, 0.29) is 18.1 Å². The second-order valence-corrected chi connectivity index (χ2v) is 3.67. The monoisotopic (exact) mass is 225 g/mol. The molecule has 16 heavy (non-hydrogen) atoms. The number of allylic oxidation sites excluding steroid dienone is 1. The average molecular weight is 225 g/mol. The number of hydrogen-bond donors (Lipinski definition) is 0. The molecule has 0 saturated carbocycles. The number of ether oxygens (including phenoxy) is 1. The van der Waals surface area contributed by atoms with Crippen LogP contribution in [0.25, 0.3) is 0 Å². The SMILES string of the molecule is C/C=C(\C)C(=O)OC(CCC)C(C)N=C=O. The maximum absolute atomic E-state index is 11.5. The van der Waals surface area contributed by atoms with E-state index < -0.39 is 0 Å². The highest BCUT2D eigenvalue weighted by Gasteiger charge is 2.20. The van der Waals surface area contributed by atoms with E-state index in [4.69, 9.17) is 4.74 Å². The first-order chi connectivity index (χ1) is 7.56. The predicted octanol–water partition coefficient (Wildman–Crippen LogP) is 2.39. The molecule has 0 fully saturated rings. The van der Waals surface area contributed by atoms with Crippen LogP contribution in [0.3, 0.4) is 0 Å². The molecule has 0 aromatic heterocycles. The molecule has 0 aliphatic heterocycles. The highest BCUT2D eigenvalue weighted by molar-refractivity contribution is 5.87. The van der Waals surface area contributed by atoms with E-state index in [9.17, 15) is 9.59 Å². The van der Waals surface area contributed by atoms with Gasteiger partial charge in [-0.2, -0.15) is 4.99 Å². The normalized spacial score (nSPS) is 14.9. The molecule has 2 unspecified atom stereocenters. The second kappa shape index (κ2) is 7.83. The van der Waals surface area contributed by atoms with Crippen molar-refractivity contribution in [2.45, 2.75) is 52.7 Å². The Morgan fingerprint density at radius 2 is 2.19 bits per heavy atom. The molecule has 0 heterocycles. The van der Waals surface area contributed by atoms with Crippen LogP contribution in [-0.2, 0) is 14.3 Å². The van der Waals surface area contributed by atoms with Crippen molar-refractivity contribution in [2.75, 3.05) is 0 Å². The molecule has 0 aromatic rings. The Hall–Kier alpha value is -1.41. The fraction of sp³-hybridized carbons (Fsp3) is 0.667. The zero-order valence-electron chi connectivity index (χ0n) is 10.3. The van der Waals surface area contributed by atoms with Crippen LogP contribution in [0.5, 0.6) is 0 Å². The molecular formula is C12H19NO3. The van der Waals surface area contributed by atoms with Gasteiger partial charge in [0, 0.05) is 5.57 Å². The molecule has 0 bridgehead atoms. The maximum atomic E-state index is 11.5. The van der Waals surface area contributed by atoms with Crippen molar-refractivity contribution in [2.24, 2.45) is 4.99 Å². The van der Waals surface area contributed by atoms with E-state index in [2.05, 4.69) is 4.99 Å². The zero-order chi connectivity index (χ0) is 12.6. The van der Waals surface area contributed by atoms with Gasteiger partial charge in [-0.05, 0) is 27.2 Å². The van der Waals surface area contributed by atoms with E-state index in [1.807, 2.05) is 6.92 Å². The fourth-order valence-electron chi connectivity index (χ4n) is 1.20. The van der Waals surface area contributed by atoms with Gasteiger partial charge < -0.3 is 4.74 Å². The van der Waals surface area contributed by atoms with Crippen LogP contribution in [0.15, 0.2) is 16.6 Å². The van der Waals surface area contributed by atoms with Crippen LogP contribution in [0.4, 0.5) is 0 Å². The van der Waals surface area contributed by atoms with Crippen LogP contribution in [0.2, 0.25) is 0 Å². The molecule has 0 N–H and O–H groups in total. The smallest absolute Gasteiger partial charge is 0.333 e. The lowest BCUT2D eigenvalue weighted by molar-refractivity contribution is -0.145. The van der Waals surface area contributed by atoms with Gasteiger partial charge in [0.25, 0.3) is 0 Å². The molecule has 0 saturated heterocycles. The van der Waals surface area contributed by atoms with Crippen LogP contribution < -0.4 is 0 Å². The first-order valence-electron chi connectivity index (χ1n) is 5.47. The number of carbonyl (C=O) groups is 1. The zero-order valence-corrected chi connectivity index (χ0v) is 10.3. The summed E-state index contributed by atoms with van der Waals surface area (Å²) in [6, 6.07) is -0.342. The number of hydrogen-bond acceptors (Lipinski definition) is 4. The van der Waals surface area contributed by atoms with Crippen molar-refractivity contribution in [1.82, 2.24) is 0 Å². The summed E-state index contributed by atoms with van der Waals surface area (Å²) in [5.74, 6) is -0.353. The van der Waals surface area contributed by atoms with Gasteiger partial charge in [0.05, 0.1) is 6.04 Å². The topological polar surface area (TPSA) is 55.7 Å². The minimum absolute atomic E-state index is 0.342. The lowest BCUT2D eigenvalue weighted by Crippen LogP contribution is -2.28. The first-order valence-corrected chi connectivity index (χ1v) is 5.47. The molecule has 90 valence electrons. The largest absolute Gasteiger partial charge is 0.457 e. The van der Waals surface area contributed by atoms with E-state index in [0.717, 1.165) is 6.42 Å². The summed E-state index contributed by atoms with van der Waals surface area (Å²) in [6.45, 7) is 7.20. The molecule has 4 heteroatoms. The maximum Gasteiger partial charge on any atom is 0.333 e. The molecule has 0 aromatic carbocycles. The third kappa shape index (κ3) is 4.89. The number of isocyanates is 1. The summed E-state index contributed by atoms with van der Waals surface area (Å²) < 4.78 is 5.28. The minimum atomic E-state index is -0.353. The van der Waals surface area contributed by atoms with E-state index in [0.29, 0.717) is 12.0 Å². The van der Waals surface area contributed by atoms with Gasteiger partial charge in [0.15, 0.2) is 0 Å². The molecule has 0 aliphatic carbocycles. The summed E-state index contributed by atoms with van der Waals surface area (Å²) in [5, 5.41) is 0. The molecule has 0 spiro atoms. The van der Waals surface area contributed by atoms with Crippen molar-refractivity contribution in [3.63, 3.8) is 0 Å². The summed E-state index contributed by atoms with van der Waals surface area (Å²) in [5.41, 5.74) is 0.559. The summed E-state index contributed by atoms with van der Waals surface area (Å²) in [7, 11) is 0. The lowest BCUT2D eigenvalue weighted by Gasteiger charge is -2.20. The van der Waals surface area contributed by atoms with Crippen LogP contribution in [-0.4, -0.2) is 24.2 Å². The standard InChI is InChI=1S/C12H19NO3/c1-5-7-11(10(4)13-8-14)16-12(15)9(3)6-2/h6,10-11H,5,7H2,1-4H3/b9-6+. The summed E-state index contributed by atoms with van der Waals surface area (Å²) in [6.07, 6.45) is 4.39. The predicted molar refractivity (Wildman–Crippen MR) is 61.8 cm³/mol. The second-order valence-electron chi connectivity index (χ2n) is 3.67. The van der Waals surface area contributed by atoms with Gasteiger partial charge in [-0.25, -0.2) is 9.59 Å². The molecular weight excluding hydrogens is 206 g/mol. The Labute approximate surface area is 96.4 Å². The summed E-state index contributed by atoms with van der Waals surface area (Å²) >= 11 is 0. The van der Waals surface area contributed by atoms with Gasteiger partial charge in [-0.1, -0.05) is 19.4 Å². The number of rotatable bonds is 6. The third-order valence-corrected chi connectivity index (χ3v) is 2.38. The van der Waals surface area contributed by atoms with Crippen molar-refractivity contribution in [3.8, 4) is 0 Å².